The van der Waals surface area contributed by atoms with Gasteiger partial charge in [-0.3, -0.25) is 9.67 Å². The summed E-state index contributed by atoms with van der Waals surface area (Å²) in [6.07, 6.45) is 7.88. The molecule has 1 aromatic carbocycles. The predicted octanol–water partition coefficient (Wildman–Crippen LogP) is 4.33. The molecule has 1 fully saturated rings. The Kier molecular flexibility index (Phi) is 5.67. The van der Waals surface area contributed by atoms with Crippen molar-refractivity contribution in [3.63, 3.8) is 0 Å². The van der Waals surface area contributed by atoms with E-state index < -0.39 is 15.8 Å². The minimum Gasteiger partial charge on any atom is -0.265 e. The van der Waals surface area contributed by atoms with Gasteiger partial charge in [0.2, 0.25) is 10.0 Å². The first-order valence-electron chi connectivity index (χ1n) is 9.37. The Bertz CT molecular complexity index is 1110. The molecule has 0 atom stereocenters. The topological polar surface area (TPSA) is 76.9 Å². The van der Waals surface area contributed by atoms with Crippen LogP contribution in [-0.4, -0.2) is 23.2 Å². The Morgan fingerprint density at radius 1 is 1.14 bits per heavy atom. The van der Waals surface area contributed by atoms with E-state index in [9.17, 15) is 12.8 Å². The normalized spacial score (nSPS) is 15.1. The molecule has 9 heteroatoms. The molecule has 2 aromatic heterocycles. The van der Waals surface area contributed by atoms with Gasteiger partial charge in [0.05, 0.1) is 33.9 Å². The fraction of sp³-hybridized carbons (Fsp3) is 0.300. The van der Waals surface area contributed by atoms with Crippen molar-refractivity contribution in [3.05, 3.63) is 65.3 Å². The van der Waals surface area contributed by atoms with E-state index in [1.165, 1.54) is 6.07 Å². The predicted molar refractivity (Wildman–Crippen MR) is 108 cm³/mol. The van der Waals surface area contributed by atoms with Crippen LogP contribution < -0.4 is 4.72 Å². The summed E-state index contributed by atoms with van der Waals surface area (Å²) in [5.74, 6) is -0.664. The Morgan fingerprint density at radius 2 is 1.86 bits per heavy atom. The Morgan fingerprint density at radius 3 is 2.55 bits per heavy atom. The Hall–Kier alpha value is -2.29. The second-order valence-corrected chi connectivity index (χ2v) is 9.21. The van der Waals surface area contributed by atoms with Crippen molar-refractivity contribution in [2.45, 2.75) is 43.2 Å². The number of hydrogen-bond donors (Lipinski definition) is 1. The number of sulfonamides is 1. The highest BCUT2D eigenvalue weighted by atomic mass is 35.5. The summed E-state index contributed by atoms with van der Waals surface area (Å²) in [6, 6.07) is 9.34. The molecule has 1 aliphatic carbocycles. The third-order valence-electron chi connectivity index (χ3n) is 5.08. The van der Waals surface area contributed by atoms with Crippen molar-refractivity contribution in [1.82, 2.24) is 19.5 Å². The fourth-order valence-corrected chi connectivity index (χ4v) is 4.86. The summed E-state index contributed by atoms with van der Waals surface area (Å²) in [4.78, 5) is 3.97. The molecule has 0 amide bonds. The van der Waals surface area contributed by atoms with Crippen LogP contribution in [0.2, 0.25) is 5.02 Å². The zero-order chi connectivity index (χ0) is 20.4. The van der Waals surface area contributed by atoms with Gasteiger partial charge in [0.25, 0.3) is 0 Å². The number of benzene rings is 1. The van der Waals surface area contributed by atoms with Gasteiger partial charge in [0.15, 0.2) is 0 Å². The fourth-order valence-electron chi connectivity index (χ4n) is 3.59. The van der Waals surface area contributed by atoms with Crippen LogP contribution in [0, 0.1) is 5.82 Å². The lowest BCUT2D eigenvalue weighted by atomic mass is 10.1. The van der Waals surface area contributed by atoms with Gasteiger partial charge in [-0.25, -0.2) is 17.5 Å². The lowest BCUT2D eigenvalue weighted by Crippen LogP contribution is -2.23. The van der Waals surface area contributed by atoms with Gasteiger partial charge in [-0.05, 0) is 49.2 Å². The molecule has 1 aliphatic rings. The number of rotatable bonds is 6. The molecule has 1 N–H and O–H groups in total. The lowest BCUT2D eigenvalue weighted by molar-refractivity contribution is 0.467. The van der Waals surface area contributed by atoms with E-state index in [1.54, 1.807) is 12.4 Å². The average Bonchev–Trinajstić information content (AvgIpc) is 3.39. The molecule has 6 nitrogen and oxygen atoms in total. The zero-order valence-electron chi connectivity index (χ0n) is 15.6. The van der Waals surface area contributed by atoms with Crippen LogP contribution in [0.4, 0.5) is 4.39 Å². The smallest absolute Gasteiger partial charge is 0.240 e. The SMILES string of the molecule is O=S(=O)(NCc1cc(-c2ccncc2)n(C2CCCC2)n1)c1ccc(F)c(Cl)c1. The second kappa shape index (κ2) is 8.22. The van der Waals surface area contributed by atoms with E-state index in [4.69, 9.17) is 11.6 Å². The maximum absolute atomic E-state index is 13.3. The van der Waals surface area contributed by atoms with Crippen molar-refractivity contribution in [2.24, 2.45) is 0 Å². The van der Waals surface area contributed by atoms with Gasteiger partial charge in [0.1, 0.15) is 5.82 Å². The molecule has 0 radical (unpaired) electrons. The van der Waals surface area contributed by atoms with Gasteiger partial charge in [-0.1, -0.05) is 24.4 Å². The molecule has 29 heavy (non-hydrogen) atoms. The standard InChI is InChI=1S/C20H20ClFN4O2S/c21-18-12-17(5-6-19(18)22)29(27,28)24-13-15-11-20(14-7-9-23-10-8-14)26(25-15)16-3-1-2-4-16/h5-12,16,24H,1-4,13H2. The van der Waals surface area contributed by atoms with Crippen molar-refractivity contribution in [1.29, 1.82) is 0 Å². The Balaban J connectivity index is 1.59. The summed E-state index contributed by atoms with van der Waals surface area (Å²) in [6.45, 7) is 0.0229. The minimum absolute atomic E-state index is 0.0229. The van der Waals surface area contributed by atoms with Crippen LogP contribution in [-0.2, 0) is 16.6 Å². The molecule has 0 saturated heterocycles. The van der Waals surface area contributed by atoms with Crippen molar-refractivity contribution in [2.75, 3.05) is 0 Å². The minimum atomic E-state index is -3.85. The van der Waals surface area contributed by atoms with Crippen molar-refractivity contribution < 1.29 is 12.8 Å². The molecule has 1 saturated carbocycles. The molecule has 4 rings (SSSR count). The summed E-state index contributed by atoms with van der Waals surface area (Å²) < 4.78 is 43.0. The van der Waals surface area contributed by atoms with Crippen LogP contribution in [0.5, 0.6) is 0 Å². The van der Waals surface area contributed by atoms with E-state index in [2.05, 4.69) is 14.8 Å². The van der Waals surface area contributed by atoms with Gasteiger partial charge in [-0.15, -0.1) is 0 Å². The van der Waals surface area contributed by atoms with Gasteiger partial charge >= 0.3 is 0 Å². The summed E-state index contributed by atoms with van der Waals surface area (Å²) in [5.41, 5.74) is 2.54. The first-order chi connectivity index (χ1) is 13.9. The quantitative estimate of drug-likeness (QED) is 0.626. The first kappa shape index (κ1) is 20.0. The number of aromatic nitrogens is 3. The number of halogens is 2. The van der Waals surface area contributed by atoms with Gasteiger partial charge in [-0.2, -0.15) is 5.10 Å². The molecule has 0 bridgehead atoms. The second-order valence-electron chi connectivity index (χ2n) is 7.04. The Labute approximate surface area is 173 Å². The highest BCUT2D eigenvalue weighted by Crippen LogP contribution is 2.33. The maximum atomic E-state index is 13.3. The monoisotopic (exact) mass is 434 g/mol. The molecule has 3 aromatic rings. The maximum Gasteiger partial charge on any atom is 0.240 e. The molecular weight excluding hydrogens is 415 g/mol. The van der Waals surface area contributed by atoms with E-state index in [0.29, 0.717) is 11.7 Å². The molecule has 0 spiro atoms. The van der Waals surface area contributed by atoms with Crippen LogP contribution in [0.15, 0.2) is 53.7 Å². The molecule has 152 valence electrons. The van der Waals surface area contributed by atoms with E-state index in [-0.39, 0.29) is 16.5 Å². The van der Waals surface area contributed by atoms with Crippen LogP contribution in [0.25, 0.3) is 11.3 Å². The summed E-state index contributed by atoms with van der Waals surface area (Å²) in [5, 5.41) is 4.44. The van der Waals surface area contributed by atoms with Crippen LogP contribution >= 0.6 is 11.6 Å². The highest BCUT2D eigenvalue weighted by Gasteiger charge is 2.23. The van der Waals surface area contributed by atoms with Crippen LogP contribution in [0.3, 0.4) is 0 Å². The van der Waals surface area contributed by atoms with E-state index >= 15 is 0 Å². The van der Waals surface area contributed by atoms with E-state index in [0.717, 1.165) is 49.1 Å². The number of pyridine rings is 1. The van der Waals surface area contributed by atoms with Crippen molar-refractivity contribution in [3.8, 4) is 11.3 Å². The third-order valence-corrected chi connectivity index (χ3v) is 6.77. The molecule has 0 aliphatic heterocycles. The highest BCUT2D eigenvalue weighted by molar-refractivity contribution is 7.89. The average molecular weight is 435 g/mol. The van der Waals surface area contributed by atoms with Gasteiger partial charge < -0.3 is 0 Å². The summed E-state index contributed by atoms with van der Waals surface area (Å²) in [7, 11) is -3.85. The largest absolute Gasteiger partial charge is 0.265 e. The van der Waals surface area contributed by atoms with Gasteiger partial charge in [0, 0.05) is 18.0 Å². The number of nitrogens with zero attached hydrogens (tertiary/aromatic N) is 3. The zero-order valence-corrected chi connectivity index (χ0v) is 17.1. The molecular formula is C20H20ClFN4O2S. The summed E-state index contributed by atoms with van der Waals surface area (Å²) >= 11 is 5.71. The molecule has 0 unspecified atom stereocenters. The van der Waals surface area contributed by atoms with E-state index in [1.807, 2.05) is 22.9 Å². The number of nitrogens with one attached hydrogen (secondary N) is 1. The first-order valence-corrected chi connectivity index (χ1v) is 11.2. The van der Waals surface area contributed by atoms with Crippen LogP contribution in [0.1, 0.15) is 37.4 Å². The number of hydrogen-bond acceptors (Lipinski definition) is 4. The third kappa shape index (κ3) is 4.34. The lowest BCUT2D eigenvalue weighted by Gasteiger charge is -2.14. The molecule has 2 heterocycles. The van der Waals surface area contributed by atoms with Crippen molar-refractivity contribution >= 4 is 21.6 Å².